The number of hydrogen-bond donors (Lipinski definition) is 0. The number of fused-ring (bicyclic) bond motifs is 1. The molecule has 0 fully saturated rings. The van der Waals surface area contributed by atoms with E-state index in [0.717, 1.165) is 4.47 Å². The lowest BCUT2D eigenvalue weighted by Crippen LogP contribution is -2.50. The highest BCUT2D eigenvalue weighted by molar-refractivity contribution is 9.10. The fourth-order valence-electron chi connectivity index (χ4n) is 2.84. The van der Waals surface area contributed by atoms with Crippen molar-refractivity contribution < 1.29 is 19.2 Å². The van der Waals surface area contributed by atoms with Crippen molar-refractivity contribution in [3.05, 3.63) is 62.6 Å². The second-order valence-corrected chi connectivity index (χ2v) is 7.46. The van der Waals surface area contributed by atoms with Gasteiger partial charge in [0, 0.05) is 22.2 Å². The molecule has 0 bridgehead atoms. The van der Waals surface area contributed by atoms with Gasteiger partial charge in [-0.25, -0.2) is 0 Å². The highest BCUT2D eigenvalue weighted by atomic mass is 79.9. The van der Waals surface area contributed by atoms with Gasteiger partial charge in [-0.15, -0.1) is 0 Å². The van der Waals surface area contributed by atoms with Gasteiger partial charge in [-0.05, 0) is 24.1 Å². The SMILES string of the molecule is CC(C)C1Oc2ccc([N+](=O)[O-])cc2N(CC(=O)c2ccc(Br)cc2)C1=O. The van der Waals surface area contributed by atoms with Crippen LogP contribution in [-0.4, -0.2) is 29.3 Å². The van der Waals surface area contributed by atoms with Gasteiger partial charge < -0.3 is 4.74 Å². The molecule has 0 saturated carbocycles. The number of ether oxygens (including phenoxy) is 1. The predicted molar refractivity (Wildman–Crippen MR) is 103 cm³/mol. The lowest BCUT2D eigenvalue weighted by atomic mass is 10.0. The molecule has 1 amide bonds. The molecule has 0 N–H and O–H groups in total. The summed E-state index contributed by atoms with van der Waals surface area (Å²) in [7, 11) is 0. The first-order valence-corrected chi connectivity index (χ1v) is 9.12. The lowest BCUT2D eigenvalue weighted by molar-refractivity contribution is -0.384. The normalized spacial score (nSPS) is 16.1. The van der Waals surface area contributed by atoms with Crippen LogP contribution in [0.1, 0.15) is 24.2 Å². The molecule has 1 unspecified atom stereocenters. The second kappa shape index (κ2) is 7.48. The molecule has 2 aromatic carbocycles. The zero-order valence-electron chi connectivity index (χ0n) is 14.7. The maximum atomic E-state index is 12.9. The van der Waals surface area contributed by atoms with Crippen LogP contribution in [-0.2, 0) is 4.79 Å². The Balaban J connectivity index is 1.99. The van der Waals surface area contributed by atoms with Gasteiger partial charge in [0.1, 0.15) is 5.75 Å². The number of ketones is 1. The molecule has 0 radical (unpaired) electrons. The minimum atomic E-state index is -0.753. The first kappa shape index (κ1) is 19.0. The second-order valence-electron chi connectivity index (χ2n) is 6.55. The minimum absolute atomic E-state index is 0.119. The van der Waals surface area contributed by atoms with Crippen molar-refractivity contribution in [3.8, 4) is 5.75 Å². The number of non-ortho nitro benzene ring substituents is 1. The summed E-state index contributed by atoms with van der Waals surface area (Å²) >= 11 is 3.31. The van der Waals surface area contributed by atoms with E-state index in [1.807, 2.05) is 13.8 Å². The van der Waals surface area contributed by atoms with E-state index >= 15 is 0 Å². The summed E-state index contributed by atoms with van der Waals surface area (Å²) in [5.74, 6) is -0.421. The average Bonchev–Trinajstić information content (AvgIpc) is 2.63. The van der Waals surface area contributed by atoms with Crippen LogP contribution in [0.15, 0.2) is 46.9 Å². The fourth-order valence-corrected chi connectivity index (χ4v) is 3.11. The number of rotatable bonds is 5. The van der Waals surface area contributed by atoms with Crippen LogP contribution in [0.3, 0.4) is 0 Å². The first-order valence-electron chi connectivity index (χ1n) is 8.33. The zero-order valence-corrected chi connectivity index (χ0v) is 16.3. The molecule has 0 aliphatic carbocycles. The summed E-state index contributed by atoms with van der Waals surface area (Å²) in [6.45, 7) is 3.46. The number of halogens is 1. The summed E-state index contributed by atoms with van der Waals surface area (Å²) in [6.07, 6.45) is -0.753. The van der Waals surface area contributed by atoms with E-state index in [1.165, 1.54) is 23.1 Å². The van der Waals surface area contributed by atoms with Crippen LogP contribution in [0, 0.1) is 16.0 Å². The first-order chi connectivity index (χ1) is 12.8. The van der Waals surface area contributed by atoms with Gasteiger partial charge in [-0.2, -0.15) is 0 Å². The van der Waals surface area contributed by atoms with E-state index in [1.54, 1.807) is 24.3 Å². The Morgan fingerprint density at radius 1 is 1.26 bits per heavy atom. The minimum Gasteiger partial charge on any atom is -0.478 e. The molecule has 1 atom stereocenters. The highest BCUT2D eigenvalue weighted by Gasteiger charge is 2.38. The molecule has 7 nitrogen and oxygen atoms in total. The third-order valence-electron chi connectivity index (χ3n) is 4.28. The monoisotopic (exact) mass is 432 g/mol. The van der Waals surface area contributed by atoms with Crippen molar-refractivity contribution in [3.63, 3.8) is 0 Å². The molecule has 140 valence electrons. The Bertz CT molecular complexity index is 911. The zero-order chi connectivity index (χ0) is 19.7. The number of Topliss-reactive ketones (excluding diaryl/α,β-unsaturated/α-hetero) is 1. The number of benzene rings is 2. The molecule has 0 saturated heterocycles. The Morgan fingerprint density at radius 3 is 2.52 bits per heavy atom. The molecular weight excluding hydrogens is 416 g/mol. The van der Waals surface area contributed by atoms with Gasteiger partial charge in [0.05, 0.1) is 17.2 Å². The predicted octanol–water partition coefficient (Wildman–Crippen LogP) is 3.99. The number of nitrogens with zero attached hydrogens (tertiary/aromatic N) is 2. The number of nitro groups is 1. The molecule has 1 heterocycles. The van der Waals surface area contributed by atoms with Crippen LogP contribution in [0.2, 0.25) is 0 Å². The van der Waals surface area contributed by atoms with Crippen molar-refractivity contribution in [1.82, 2.24) is 0 Å². The maximum Gasteiger partial charge on any atom is 0.271 e. The number of nitro benzene ring substituents is 1. The third-order valence-corrected chi connectivity index (χ3v) is 4.81. The number of anilines is 1. The highest BCUT2D eigenvalue weighted by Crippen LogP contribution is 2.38. The van der Waals surface area contributed by atoms with Crippen molar-refractivity contribution in [2.75, 3.05) is 11.4 Å². The van der Waals surface area contributed by atoms with Gasteiger partial charge in [0.2, 0.25) is 0 Å². The number of carbonyl (C=O) groups is 2. The molecule has 0 spiro atoms. The van der Waals surface area contributed by atoms with E-state index in [9.17, 15) is 19.7 Å². The van der Waals surface area contributed by atoms with E-state index in [4.69, 9.17) is 4.74 Å². The van der Waals surface area contributed by atoms with Crippen LogP contribution in [0.5, 0.6) is 5.75 Å². The van der Waals surface area contributed by atoms with Crippen LogP contribution in [0.25, 0.3) is 0 Å². The van der Waals surface area contributed by atoms with Crippen LogP contribution in [0.4, 0.5) is 11.4 Å². The molecule has 1 aliphatic rings. The lowest BCUT2D eigenvalue weighted by Gasteiger charge is -2.35. The molecule has 3 rings (SSSR count). The number of carbonyl (C=O) groups excluding carboxylic acids is 2. The Morgan fingerprint density at radius 2 is 1.93 bits per heavy atom. The van der Waals surface area contributed by atoms with Gasteiger partial charge in [-0.3, -0.25) is 24.6 Å². The Hall–Kier alpha value is -2.74. The van der Waals surface area contributed by atoms with Crippen LogP contribution >= 0.6 is 15.9 Å². The molecular formula is C19H17BrN2O5. The van der Waals surface area contributed by atoms with E-state index < -0.39 is 11.0 Å². The standard InChI is InChI=1S/C19H17BrN2O5/c1-11(2)18-19(24)21(10-16(23)12-3-5-13(20)6-4-12)15-9-14(22(25)26)7-8-17(15)27-18/h3-9,11,18H,10H2,1-2H3. The Kier molecular flexibility index (Phi) is 5.27. The molecule has 8 heteroatoms. The summed E-state index contributed by atoms with van der Waals surface area (Å²) in [6, 6.07) is 10.8. The van der Waals surface area contributed by atoms with Crippen molar-refractivity contribution >= 4 is 39.0 Å². The van der Waals surface area contributed by atoms with Crippen molar-refractivity contribution in [1.29, 1.82) is 0 Å². The molecule has 27 heavy (non-hydrogen) atoms. The van der Waals surface area contributed by atoms with E-state index in [2.05, 4.69) is 15.9 Å². The summed E-state index contributed by atoms with van der Waals surface area (Å²) in [4.78, 5) is 37.4. The van der Waals surface area contributed by atoms with Gasteiger partial charge >= 0.3 is 0 Å². The van der Waals surface area contributed by atoms with Crippen molar-refractivity contribution in [2.24, 2.45) is 5.92 Å². The third kappa shape index (κ3) is 3.85. The van der Waals surface area contributed by atoms with E-state index in [-0.39, 0.29) is 35.5 Å². The summed E-state index contributed by atoms with van der Waals surface area (Å²) in [5, 5.41) is 11.1. The molecule has 0 aromatic heterocycles. The average molecular weight is 433 g/mol. The number of amides is 1. The Labute approximate surface area is 164 Å². The van der Waals surface area contributed by atoms with Gasteiger partial charge in [0.25, 0.3) is 11.6 Å². The maximum absolute atomic E-state index is 12.9. The largest absolute Gasteiger partial charge is 0.478 e. The molecule has 1 aliphatic heterocycles. The van der Waals surface area contributed by atoms with Gasteiger partial charge in [-0.1, -0.05) is 41.9 Å². The summed E-state index contributed by atoms with van der Waals surface area (Å²) < 4.78 is 6.58. The molecule has 2 aromatic rings. The smallest absolute Gasteiger partial charge is 0.271 e. The fraction of sp³-hybridized carbons (Fsp3) is 0.263. The van der Waals surface area contributed by atoms with Crippen LogP contribution < -0.4 is 9.64 Å². The van der Waals surface area contributed by atoms with Crippen molar-refractivity contribution in [2.45, 2.75) is 20.0 Å². The quantitative estimate of drug-likeness (QED) is 0.404. The number of hydrogen-bond acceptors (Lipinski definition) is 5. The van der Waals surface area contributed by atoms with Gasteiger partial charge in [0.15, 0.2) is 11.9 Å². The topological polar surface area (TPSA) is 89.8 Å². The van der Waals surface area contributed by atoms with E-state index in [0.29, 0.717) is 11.3 Å². The summed E-state index contributed by atoms with van der Waals surface area (Å²) in [5.41, 5.74) is 0.511.